The summed E-state index contributed by atoms with van der Waals surface area (Å²) in [4.78, 5) is 12.0. The van der Waals surface area contributed by atoms with Crippen LogP contribution in [-0.2, 0) is 6.61 Å². The van der Waals surface area contributed by atoms with Gasteiger partial charge in [0.25, 0.3) is 0 Å². The number of carbonyl (C=O) groups is 1. The molecule has 116 valence electrons. The van der Waals surface area contributed by atoms with Gasteiger partial charge in [-0.3, -0.25) is 0 Å². The molecular weight excluding hydrogens is 311 g/mol. The Hall–Kier alpha value is -2.31. The Morgan fingerprint density at radius 3 is 2.77 bits per heavy atom. The quantitative estimate of drug-likeness (QED) is 0.804. The molecule has 0 fully saturated rings. The fraction of sp³-hybridized carbons (Fsp3) is 0.133. The average molecular weight is 325 g/mol. The Kier molecular flexibility index (Phi) is 5.19. The van der Waals surface area contributed by atoms with Gasteiger partial charge in [-0.1, -0.05) is 17.7 Å². The van der Waals surface area contributed by atoms with E-state index in [2.05, 4.69) is 10.6 Å². The van der Waals surface area contributed by atoms with E-state index >= 15 is 0 Å². The predicted molar refractivity (Wildman–Crippen MR) is 83.0 cm³/mol. The van der Waals surface area contributed by atoms with Gasteiger partial charge in [-0.25, -0.2) is 9.18 Å². The maximum absolute atomic E-state index is 13.5. The van der Waals surface area contributed by atoms with Crippen LogP contribution in [0.4, 0.5) is 20.6 Å². The van der Waals surface area contributed by atoms with Crippen molar-refractivity contribution >= 4 is 29.0 Å². The molecule has 0 aliphatic carbocycles. The molecule has 2 rings (SSSR count). The third-order valence-corrected chi connectivity index (χ3v) is 3.11. The summed E-state index contributed by atoms with van der Waals surface area (Å²) in [7, 11) is 1.48. The summed E-state index contributed by atoms with van der Waals surface area (Å²) in [5, 5.41) is 14.6. The van der Waals surface area contributed by atoms with E-state index in [1.54, 1.807) is 18.2 Å². The second-order valence-corrected chi connectivity index (χ2v) is 4.82. The molecule has 0 saturated carbocycles. The van der Waals surface area contributed by atoms with Crippen molar-refractivity contribution < 1.29 is 19.0 Å². The van der Waals surface area contributed by atoms with Crippen LogP contribution < -0.4 is 15.4 Å². The standard InChI is InChI=1S/C15H14ClFN2O3/c1-22-11-6-9(16)5-10(7-11)18-15(21)19-14-4-2-3-13(17)12(14)8-20/h2-7,20H,8H2,1H3,(H2,18,19,21). The van der Waals surface area contributed by atoms with Crippen molar-refractivity contribution in [3.63, 3.8) is 0 Å². The van der Waals surface area contributed by atoms with Gasteiger partial charge in [-0.2, -0.15) is 0 Å². The second-order valence-electron chi connectivity index (χ2n) is 4.38. The summed E-state index contributed by atoms with van der Waals surface area (Å²) in [5.74, 6) is -0.102. The molecule has 0 spiro atoms. The first kappa shape index (κ1) is 16.1. The largest absolute Gasteiger partial charge is 0.497 e. The lowest BCUT2D eigenvalue weighted by Gasteiger charge is -2.12. The Balaban J connectivity index is 2.14. The summed E-state index contributed by atoms with van der Waals surface area (Å²) in [6, 6.07) is 8.27. The van der Waals surface area contributed by atoms with Crippen LogP contribution in [0.3, 0.4) is 0 Å². The van der Waals surface area contributed by atoms with Crippen LogP contribution in [-0.4, -0.2) is 18.2 Å². The number of nitrogens with one attached hydrogen (secondary N) is 2. The Morgan fingerprint density at radius 2 is 2.09 bits per heavy atom. The lowest BCUT2D eigenvalue weighted by Crippen LogP contribution is -2.20. The number of methoxy groups -OCH3 is 1. The molecule has 2 aromatic carbocycles. The van der Waals surface area contributed by atoms with Gasteiger partial charge in [0.15, 0.2) is 0 Å². The Labute approximate surface area is 131 Å². The highest BCUT2D eigenvalue weighted by molar-refractivity contribution is 6.31. The van der Waals surface area contributed by atoms with Crippen LogP contribution in [0.25, 0.3) is 0 Å². The zero-order valence-corrected chi connectivity index (χ0v) is 12.4. The highest BCUT2D eigenvalue weighted by Gasteiger charge is 2.11. The van der Waals surface area contributed by atoms with Crippen molar-refractivity contribution in [1.29, 1.82) is 0 Å². The molecule has 0 heterocycles. The molecule has 0 aliphatic heterocycles. The Bertz CT molecular complexity index is 694. The van der Waals surface area contributed by atoms with E-state index in [4.69, 9.17) is 21.4 Å². The van der Waals surface area contributed by atoms with Crippen molar-refractivity contribution in [3.05, 3.63) is 52.8 Å². The van der Waals surface area contributed by atoms with E-state index in [-0.39, 0.29) is 11.3 Å². The van der Waals surface area contributed by atoms with Gasteiger partial charge in [0.1, 0.15) is 11.6 Å². The second kappa shape index (κ2) is 7.11. The number of benzene rings is 2. The average Bonchev–Trinajstić information content (AvgIpc) is 2.46. The van der Waals surface area contributed by atoms with Crippen molar-refractivity contribution in [1.82, 2.24) is 0 Å². The van der Waals surface area contributed by atoms with E-state index in [0.717, 1.165) is 0 Å². The number of rotatable bonds is 4. The van der Waals surface area contributed by atoms with Crippen LogP contribution in [0.15, 0.2) is 36.4 Å². The zero-order valence-electron chi connectivity index (χ0n) is 11.7. The number of ether oxygens (including phenoxy) is 1. The summed E-state index contributed by atoms with van der Waals surface area (Å²) in [5.41, 5.74) is 0.624. The number of hydrogen-bond acceptors (Lipinski definition) is 3. The molecule has 2 aromatic rings. The molecular formula is C15H14ClFN2O3. The molecule has 7 heteroatoms. The van der Waals surface area contributed by atoms with Gasteiger partial charge in [-0.15, -0.1) is 0 Å². The van der Waals surface area contributed by atoms with Gasteiger partial charge in [0, 0.05) is 22.3 Å². The van der Waals surface area contributed by atoms with E-state index in [1.807, 2.05) is 0 Å². The number of anilines is 2. The van der Waals surface area contributed by atoms with Gasteiger partial charge >= 0.3 is 6.03 Å². The van der Waals surface area contributed by atoms with Crippen LogP contribution >= 0.6 is 11.6 Å². The monoisotopic (exact) mass is 324 g/mol. The summed E-state index contributed by atoms with van der Waals surface area (Å²) in [6.07, 6.45) is 0. The van der Waals surface area contributed by atoms with E-state index in [0.29, 0.717) is 16.5 Å². The summed E-state index contributed by atoms with van der Waals surface area (Å²) >= 11 is 5.91. The number of aliphatic hydroxyl groups excluding tert-OH is 1. The van der Waals surface area contributed by atoms with Crippen molar-refractivity contribution in [2.75, 3.05) is 17.7 Å². The minimum atomic E-state index is -0.593. The lowest BCUT2D eigenvalue weighted by atomic mass is 10.2. The molecule has 3 N–H and O–H groups in total. The predicted octanol–water partition coefficient (Wildman–Crippen LogP) is 3.62. The molecule has 0 aromatic heterocycles. The molecule has 0 atom stereocenters. The first-order valence-electron chi connectivity index (χ1n) is 6.34. The SMILES string of the molecule is COc1cc(Cl)cc(NC(=O)Nc2cccc(F)c2CO)c1. The van der Waals surface area contributed by atoms with Gasteiger partial charge < -0.3 is 20.5 Å². The van der Waals surface area contributed by atoms with Gasteiger partial charge in [0.2, 0.25) is 0 Å². The smallest absolute Gasteiger partial charge is 0.323 e. The number of aliphatic hydroxyl groups is 1. The first-order valence-corrected chi connectivity index (χ1v) is 6.72. The van der Waals surface area contributed by atoms with Crippen LogP contribution in [0, 0.1) is 5.82 Å². The van der Waals surface area contributed by atoms with E-state index < -0.39 is 18.5 Å². The summed E-state index contributed by atoms with van der Waals surface area (Å²) in [6.45, 7) is -0.521. The molecule has 0 radical (unpaired) electrons. The fourth-order valence-electron chi connectivity index (χ4n) is 1.87. The molecule has 0 unspecified atom stereocenters. The third-order valence-electron chi connectivity index (χ3n) is 2.89. The third kappa shape index (κ3) is 3.87. The van der Waals surface area contributed by atoms with Crippen LogP contribution in [0.2, 0.25) is 5.02 Å². The van der Waals surface area contributed by atoms with Crippen molar-refractivity contribution in [3.8, 4) is 5.75 Å². The van der Waals surface area contributed by atoms with Crippen LogP contribution in [0.5, 0.6) is 5.75 Å². The number of urea groups is 1. The van der Waals surface area contributed by atoms with Crippen LogP contribution in [0.1, 0.15) is 5.56 Å². The highest BCUT2D eigenvalue weighted by Crippen LogP contribution is 2.24. The lowest BCUT2D eigenvalue weighted by molar-refractivity contribution is 0.261. The van der Waals surface area contributed by atoms with E-state index in [9.17, 15) is 9.18 Å². The molecule has 0 bridgehead atoms. The molecule has 0 saturated heterocycles. The minimum Gasteiger partial charge on any atom is -0.497 e. The van der Waals surface area contributed by atoms with Crippen molar-refractivity contribution in [2.24, 2.45) is 0 Å². The summed E-state index contributed by atoms with van der Waals surface area (Å²) < 4.78 is 18.6. The minimum absolute atomic E-state index is 0.0151. The number of carbonyl (C=O) groups excluding carboxylic acids is 1. The highest BCUT2D eigenvalue weighted by atomic mass is 35.5. The van der Waals surface area contributed by atoms with Gasteiger partial charge in [-0.05, 0) is 24.3 Å². The molecule has 0 aliphatic rings. The number of amides is 2. The zero-order chi connectivity index (χ0) is 16.1. The van der Waals surface area contributed by atoms with Gasteiger partial charge in [0.05, 0.1) is 19.4 Å². The normalized spacial score (nSPS) is 10.2. The molecule has 22 heavy (non-hydrogen) atoms. The molecule has 5 nitrogen and oxygen atoms in total. The van der Waals surface area contributed by atoms with E-state index in [1.165, 1.54) is 25.3 Å². The maximum Gasteiger partial charge on any atom is 0.323 e. The molecule has 2 amide bonds. The topological polar surface area (TPSA) is 70.6 Å². The fourth-order valence-corrected chi connectivity index (χ4v) is 2.10. The number of hydrogen-bond donors (Lipinski definition) is 3. The maximum atomic E-state index is 13.5. The Morgan fingerprint density at radius 1 is 1.32 bits per heavy atom. The van der Waals surface area contributed by atoms with Crippen molar-refractivity contribution in [2.45, 2.75) is 6.61 Å². The number of halogens is 2. The first-order chi connectivity index (χ1) is 10.5.